The summed E-state index contributed by atoms with van der Waals surface area (Å²) in [5.74, 6) is 0. The summed E-state index contributed by atoms with van der Waals surface area (Å²) in [5, 5.41) is 10.5. The molecule has 0 atom stereocenters. The Balaban J connectivity index is 1.23. The van der Waals surface area contributed by atoms with Gasteiger partial charge in [-0.3, -0.25) is 0 Å². The Kier molecular flexibility index (Phi) is 7.87. The van der Waals surface area contributed by atoms with E-state index >= 15 is 0 Å². The van der Waals surface area contributed by atoms with Gasteiger partial charge in [0.1, 0.15) is 0 Å². The lowest BCUT2D eigenvalue weighted by atomic mass is 9.99. The van der Waals surface area contributed by atoms with Gasteiger partial charge in [0, 0.05) is 32.9 Å². The van der Waals surface area contributed by atoms with Crippen LogP contribution in [0.4, 0.5) is 0 Å². The van der Waals surface area contributed by atoms with Gasteiger partial charge in [0.2, 0.25) is 0 Å². The standard InChI is InChI=1S/C54H38N2Si/c1-6-19-39(20-7-1)46-30-18-32-51-54(46)49-35-33-41(37-52(49)55(51)40-21-8-2-9-22-40)56-50-31-17-16-29-47(50)48-36-34-45(38-53(48)56)57(42-23-10-3-11-24-42,43-25-12-4-13-26-43)44-27-14-5-15-28-44/h1-38H. The lowest BCUT2D eigenvalue weighted by Gasteiger charge is -2.34. The Morgan fingerprint density at radius 3 is 1.42 bits per heavy atom. The van der Waals surface area contributed by atoms with Crippen LogP contribution in [0.15, 0.2) is 231 Å². The second-order valence-corrected chi connectivity index (χ2v) is 18.7. The van der Waals surface area contributed by atoms with Gasteiger partial charge >= 0.3 is 0 Å². The van der Waals surface area contributed by atoms with Crippen molar-refractivity contribution in [3.8, 4) is 22.5 Å². The van der Waals surface area contributed by atoms with Crippen molar-refractivity contribution in [2.45, 2.75) is 0 Å². The van der Waals surface area contributed by atoms with Gasteiger partial charge in [0.15, 0.2) is 8.07 Å². The molecule has 2 nitrogen and oxygen atoms in total. The van der Waals surface area contributed by atoms with Crippen molar-refractivity contribution >= 4 is 72.4 Å². The van der Waals surface area contributed by atoms with E-state index in [4.69, 9.17) is 0 Å². The lowest BCUT2D eigenvalue weighted by Crippen LogP contribution is -2.74. The van der Waals surface area contributed by atoms with Gasteiger partial charge in [-0.15, -0.1) is 0 Å². The molecular formula is C54H38N2Si. The van der Waals surface area contributed by atoms with Gasteiger partial charge in [-0.25, -0.2) is 0 Å². The first-order valence-corrected chi connectivity index (χ1v) is 21.7. The third kappa shape index (κ3) is 5.17. The van der Waals surface area contributed by atoms with Crippen molar-refractivity contribution in [3.05, 3.63) is 231 Å². The molecule has 0 aliphatic carbocycles. The predicted octanol–water partition coefficient (Wildman–Crippen LogP) is 10.9. The fourth-order valence-corrected chi connectivity index (χ4v) is 14.2. The quantitative estimate of drug-likeness (QED) is 0.114. The number of hydrogen-bond acceptors (Lipinski definition) is 0. The van der Waals surface area contributed by atoms with E-state index in [1.165, 1.54) is 75.5 Å². The van der Waals surface area contributed by atoms with Crippen molar-refractivity contribution in [1.29, 1.82) is 0 Å². The molecule has 0 N–H and O–H groups in total. The fraction of sp³-hybridized carbons (Fsp3) is 0. The summed E-state index contributed by atoms with van der Waals surface area (Å²) >= 11 is 0. The van der Waals surface area contributed by atoms with E-state index in [1.54, 1.807) is 0 Å². The molecular weight excluding hydrogens is 705 g/mol. The minimum Gasteiger partial charge on any atom is -0.309 e. The van der Waals surface area contributed by atoms with Crippen LogP contribution in [0.2, 0.25) is 0 Å². The van der Waals surface area contributed by atoms with Gasteiger partial charge < -0.3 is 9.13 Å². The maximum Gasteiger partial charge on any atom is 0.179 e. The first-order valence-electron chi connectivity index (χ1n) is 19.7. The molecule has 0 spiro atoms. The van der Waals surface area contributed by atoms with E-state index < -0.39 is 8.07 Å². The van der Waals surface area contributed by atoms with Gasteiger partial charge in [-0.1, -0.05) is 188 Å². The van der Waals surface area contributed by atoms with Crippen LogP contribution in [0.3, 0.4) is 0 Å². The van der Waals surface area contributed by atoms with Crippen LogP contribution in [-0.2, 0) is 0 Å². The Labute approximate surface area is 333 Å². The molecule has 0 fully saturated rings. The third-order valence-corrected chi connectivity index (χ3v) is 16.6. The Morgan fingerprint density at radius 2 is 0.772 bits per heavy atom. The highest BCUT2D eigenvalue weighted by atomic mass is 28.3. The summed E-state index contributed by atoms with van der Waals surface area (Å²) < 4.78 is 4.94. The maximum atomic E-state index is 2.51. The third-order valence-electron chi connectivity index (χ3n) is 11.9. The van der Waals surface area contributed by atoms with Crippen molar-refractivity contribution in [2.24, 2.45) is 0 Å². The first-order chi connectivity index (χ1) is 28.3. The Bertz CT molecular complexity index is 3110. The molecule has 0 aliphatic rings. The van der Waals surface area contributed by atoms with Gasteiger partial charge in [0.05, 0.1) is 22.1 Å². The minimum absolute atomic E-state index is 1.14. The monoisotopic (exact) mass is 742 g/mol. The van der Waals surface area contributed by atoms with Crippen LogP contribution in [0, 0.1) is 0 Å². The highest BCUT2D eigenvalue weighted by Crippen LogP contribution is 2.40. The molecule has 11 rings (SSSR count). The number of rotatable bonds is 7. The number of fused-ring (bicyclic) bond motifs is 6. The highest BCUT2D eigenvalue weighted by molar-refractivity contribution is 7.20. The smallest absolute Gasteiger partial charge is 0.179 e. The Morgan fingerprint density at radius 1 is 0.281 bits per heavy atom. The van der Waals surface area contributed by atoms with Crippen LogP contribution in [0.1, 0.15) is 0 Å². The molecule has 0 saturated heterocycles. The lowest BCUT2D eigenvalue weighted by molar-refractivity contribution is 1.15. The molecule has 9 aromatic carbocycles. The molecule has 0 bridgehead atoms. The highest BCUT2D eigenvalue weighted by Gasteiger charge is 2.41. The molecule has 3 heteroatoms. The number of para-hydroxylation sites is 2. The Hall–Kier alpha value is -7.20. The average Bonchev–Trinajstić information content (AvgIpc) is 3.81. The van der Waals surface area contributed by atoms with Gasteiger partial charge in [-0.2, -0.15) is 0 Å². The molecule has 11 aromatic rings. The number of benzene rings is 9. The SMILES string of the molecule is c1ccc(-c2cccc3c2c2ccc(-n4c5ccccc5c5ccc([Si](c6ccccc6)(c6ccccc6)c6ccccc6)cc54)cc2n3-c2ccccc2)cc1. The summed E-state index contributed by atoms with van der Waals surface area (Å²) in [6.07, 6.45) is 0. The number of nitrogens with zero attached hydrogens (tertiary/aromatic N) is 2. The van der Waals surface area contributed by atoms with Crippen LogP contribution in [0.25, 0.3) is 66.1 Å². The average molecular weight is 743 g/mol. The molecule has 0 aliphatic heterocycles. The second-order valence-electron chi connectivity index (χ2n) is 14.9. The van der Waals surface area contributed by atoms with Crippen molar-refractivity contribution < 1.29 is 0 Å². The van der Waals surface area contributed by atoms with Crippen LogP contribution in [0.5, 0.6) is 0 Å². The van der Waals surface area contributed by atoms with Gasteiger partial charge in [0.25, 0.3) is 0 Å². The zero-order valence-electron chi connectivity index (χ0n) is 31.3. The molecule has 2 aromatic heterocycles. The van der Waals surface area contributed by atoms with E-state index in [0.717, 1.165) is 11.4 Å². The zero-order chi connectivity index (χ0) is 37.8. The second kappa shape index (κ2) is 13.5. The first kappa shape index (κ1) is 33.2. The summed E-state index contributed by atoms with van der Waals surface area (Å²) in [4.78, 5) is 0. The largest absolute Gasteiger partial charge is 0.309 e. The summed E-state index contributed by atoms with van der Waals surface area (Å²) in [5.41, 5.74) is 9.53. The number of aromatic nitrogens is 2. The molecule has 268 valence electrons. The van der Waals surface area contributed by atoms with Crippen LogP contribution < -0.4 is 20.7 Å². The maximum absolute atomic E-state index is 2.76. The molecule has 0 unspecified atom stereocenters. The van der Waals surface area contributed by atoms with Crippen LogP contribution >= 0.6 is 0 Å². The van der Waals surface area contributed by atoms with E-state index in [1.807, 2.05) is 0 Å². The molecule has 57 heavy (non-hydrogen) atoms. The molecule has 0 saturated carbocycles. The van der Waals surface area contributed by atoms with E-state index in [2.05, 4.69) is 240 Å². The molecule has 2 heterocycles. The van der Waals surface area contributed by atoms with Crippen molar-refractivity contribution in [1.82, 2.24) is 9.13 Å². The van der Waals surface area contributed by atoms with Crippen LogP contribution in [-0.4, -0.2) is 17.2 Å². The summed E-state index contributed by atoms with van der Waals surface area (Å²) in [6.45, 7) is 0. The fourth-order valence-electron chi connectivity index (χ4n) is 9.45. The van der Waals surface area contributed by atoms with Gasteiger partial charge in [-0.05, 0) is 74.3 Å². The molecule has 0 radical (unpaired) electrons. The normalized spacial score (nSPS) is 11.9. The van der Waals surface area contributed by atoms with Crippen molar-refractivity contribution in [3.63, 3.8) is 0 Å². The summed E-state index contributed by atoms with van der Waals surface area (Å²) in [7, 11) is -2.76. The molecule has 0 amide bonds. The van der Waals surface area contributed by atoms with Crippen molar-refractivity contribution in [2.75, 3.05) is 0 Å². The van der Waals surface area contributed by atoms with E-state index in [9.17, 15) is 0 Å². The topological polar surface area (TPSA) is 9.86 Å². The predicted molar refractivity (Wildman–Crippen MR) is 244 cm³/mol. The van der Waals surface area contributed by atoms with E-state index in [0.29, 0.717) is 0 Å². The van der Waals surface area contributed by atoms with E-state index in [-0.39, 0.29) is 0 Å². The minimum atomic E-state index is -2.76. The zero-order valence-corrected chi connectivity index (χ0v) is 32.3. The summed E-state index contributed by atoms with van der Waals surface area (Å²) in [6, 6.07) is 85.2. The number of hydrogen-bond donors (Lipinski definition) is 0.